The van der Waals surface area contributed by atoms with Crippen molar-refractivity contribution in [1.29, 1.82) is 0 Å². The highest BCUT2D eigenvalue weighted by Crippen LogP contribution is 2.33. The second kappa shape index (κ2) is 6.71. The van der Waals surface area contributed by atoms with Gasteiger partial charge in [-0.3, -0.25) is 4.79 Å². The molecule has 1 amide bonds. The minimum atomic E-state index is -0.355. The first-order chi connectivity index (χ1) is 9.97. The molecule has 1 aromatic heterocycles. The number of primary amides is 1. The zero-order valence-corrected chi connectivity index (χ0v) is 12.7. The van der Waals surface area contributed by atoms with Gasteiger partial charge in [0.1, 0.15) is 11.6 Å². The number of amides is 1. The standard InChI is InChI=1S/C14H17FN4OS/c1-9(10-3-5-11(15)6-4-10)21-14-18-17-13(19(14)2)8-7-12(16)20/h3-6,9H,7-8H2,1-2H3,(H2,16,20). The number of rotatable bonds is 6. The van der Waals surface area contributed by atoms with E-state index < -0.39 is 0 Å². The number of thioether (sulfide) groups is 1. The summed E-state index contributed by atoms with van der Waals surface area (Å²) < 4.78 is 14.8. The number of carbonyl (C=O) groups excluding carboxylic acids is 1. The van der Waals surface area contributed by atoms with Crippen molar-refractivity contribution >= 4 is 17.7 Å². The molecule has 0 aliphatic heterocycles. The van der Waals surface area contributed by atoms with Gasteiger partial charge in [0.15, 0.2) is 5.16 Å². The number of hydrogen-bond donors (Lipinski definition) is 1. The molecule has 1 unspecified atom stereocenters. The van der Waals surface area contributed by atoms with Gasteiger partial charge in [-0.25, -0.2) is 4.39 Å². The Morgan fingerprint density at radius 3 is 2.67 bits per heavy atom. The van der Waals surface area contributed by atoms with E-state index in [4.69, 9.17) is 5.73 Å². The van der Waals surface area contributed by atoms with E-state index in [0.29, 0.717) is 6.42 Å². The van der Waals surface area contributed by atoms with Crippen LogP contribution in [0, 0.1) is 5.82 Å². The van der Waals surface area contributed by atoms with E-state index in [0.717, 1.165) is 16.5 Å². The van der Waals surface area contributed by atoms with E-state index in [1.807, 2.05) is 18.5 Å². The van der Waals surface area contributed by atoms with Crippen molar-refractivity contribution in [2.24, 2.45) is 12.8 Å². The van der Waals surface area contributed by atoms with Crippen LogP contribution in [-0.2, 0) is 18.3 Å². The number of hydrogen-bond acceptors (Lipinski definition) is 4. The molecular weight excluding hydrogens is 291 g/mol. The molecule has 0 spiro atoms. The van der Waals surface area contributed by atoms with E-state index >= 15 is 0 Å². The number of aromatic nitrogens is 3. The first kappa shape index (κ1) is 15.5. The smallest absolute Gasteiger partial charge is 0.217 e. The SMILES string of the molecule is CC(Sc1nnc(CCC(N)=O)n1C)c1ccc(F)cc1. The Bertz CT molecular complexity index is 626. The predicted octanol–water partition coefficient (Wildman–Crippen LogP) is 2.23. The highest BCUT2D eigenvalue weighted by Gasteiger charge is 2.14. The van der Waals surface area contributed by atoms with Crippen LogP contribution in [0.2, 0.25) is 0 Å². The number of nitrogens with zero attached hydrogens (tertiary/aromatic N) is 3. The Labute approximate surface area is 126 Å². The fraction of sp³-hybridized carbons (Fsp3) is 0.357. The van der Waals surface area contributed by atoms with Gasteiger partial charge in [0.2, 0.25) is 5.91 Å². The summed E-state index contributed by atoms with van der Waals surface area (Å²) in [5.74, 6) is 0.123. The first-order valence-corrected chi connectivity index (χ1v) is 7.44. The fourth-order valence-corrected chi connectivity index (χ4v) is 2.82. The van der Waals surface area contributed by atoms with Crippen LogP contribution in [0.25, 0.3) is 0 Å². The first-order valence-electron chi connectivity index (χ1n) is 6.56. The molecule has 2 aromatic rings. The van der Waals surface area contributed by atoms with Crippen LogP contribution in [0.15, 0.2) is 29.4 Å². The average Bonchev–Trinajstić information content (AvgIpc) is 2.78. The van der Waals surface area contributed by atoms with Crippen LogP contribution in [0.5, 0.6) is 0 Å². The van der Waals surface area contributed by atoms with E-state index in [9.17, 15) is 9.18 Å². The summed E-state index contributed by atoms with van der Waals surface area (Å²) in [7, 11) is 1.86. The van der Waals surface area contributed by atoms with Crippen molar-refractivity contribution < 1.29 is 9.18 Å². The molecular formula is C14H17FN4OS. The highest BCUT2D eigenvalue weighted by atomic mass is 32.2. The molecule has 0 aliphatic rings. The molecule has 7 heteroatoms. The van der Waals surface area contributed by atoms with Crippen LogP contribution in [-0.4, -0.2) is 20.7 Å². The predicted molar refractivity (Wildman–Crippen MR) is 79.2 cm³/mol. The van der Waals surface area contributed by atoms with Crippen molar-refractivity contribution in [3.8, 4) is 0 Å². The third kappa shape index (κ3) is 4.04. The number of halogens is 1. The monoisotopic (exact) mass is 308 g/mol. The molecule has 21 heavy (non-hydrogen) atoms. The maximum absolute atomic E-state index is 12.9. The highest BCUT2D eigenvalue weighted by molar-refractivity contribution is 7.99. The van der Waals surface area contributed by atoms with Crippen LogP contribution in [0.1, 0.15) is 30.0 Å². The Morgan fingerprint density at radius 2 is 2.05 bits per heavy atom. The zero-order chi connectivity index (χ0) is 15.4. The quantitative estimate of drug-likeness (QED) is 0.830. The Kier molecular flexibility index (Phi) is 4.95. The van der Waals surface area contributed by atoms with Gasteiger partial charge in [0.25, 0.3) is 0 Å². The van der Waals surface area contributed by atoms with Gasteiger partial charge in [0, 0.05) is 25.1 Å². The third-order valence-corrected chi connectivity index (χ3v) is 4.33. The maximum atomic E-state index is 12.9. The molecule has 112 valence electrons. The van der Waals surface area contributed by atoms with Crippen molar-refractivity contribution in [2.45, 2.75) is 30.2 Å². The second-order valence-electron chi connectivity index (χ2n) is 4.74. The molecule has 0 fully saturated rings. The van der Waals surface area contributed by atoms with E-state index in [-0.39, 0.29) is 23.4 Å². The Balaban J connectivity index is 2.05. The fourth-order valence-electron chi connectivity index (χ4n) is 1.86. The molecule has 2 rings (SSSR count). The van der Waals surface area contributed by atoms with Gasteiger partial charge in [-0.15, -0.1) is 10.2 Å². The van der Waals surface area contributed by atoms with Crippen molar-refractivity contribution in [3.05, 3.63) is 41.5 Å². The minimum Gasteiger partial charge on any atom is -0.370 e. The summed E-state index contributed by atoms with van der Waals surface area (Å²) >= 11 is 1.53. The minimum absolute atomic E-state index is 0.123. The van der Waals surface area contributed by atoms with E-state index in [1.165, 1.54) is 23.9 Å². The van der Waals surface area contributed by atoms with E-state index in [2.05, 4.69) is 10.2 Å². The number of carbonyl (C=O) groups is 1. The molecule has 0 bridgehead atoms. The summed E-state index contributed by atoms with van der Waals surface area (Å²) in [6.07, 6.45) is 0.731. The normalized spacial score (nSPS) is 12.3. The lowest BCUT2D eigenvalue weighted by Gasteiger charge is -2.11. The Morgan fingerprint density at radius 1 is 1.38 bits per heavy atom. The summed E-state index contributed by atoms with van der Waals surface area (Å²) in [6, 6.07) is 6.41. The molecule has 2 N–H and O–H groups in total. The van der Waals surface area contributed by atoms with Crippen LogP contribution in [0.4, 0.5) is 4.39 Å². The Hall–Kier alpha value is -1.89. The van der Waals surface area contributed by atoms with Gasteiger partial charge < -0.3 is 10.3 Å². The van der Waals surface area contributed by atoms with Gasteiger partial charge in [0.05, 0.1) is 0 Å². The number of benzene rings is 1. The van der Waals surface area contributed by atoms with Crippen LogP contribution < -0.4 is 5.73 Å². The molecule has 0 saturated heterocycles. The molecule has 1 aromatic carbocycles. The topological polar surface area (TPSA) is 73.8 Å². The molecule has 5 nitrogen and oxygen atoms in total. The lowest BCUT2D eigenvalue weighted by atomic mass is 10.2. The summed E-state index contributed by atoms with van der Waals surface area (Å²) in [5.41, 5.74) is 6.15. The molecule has 0 saturated carbocycles. The van der Waals surface area contributed by atoms with Crippen molar-refractivity contribution in [1.82, 2.24) is 14.8 Å². The largest absolute Gasteiger partial charge is 0.370 e. The van der Waals surface area contributed by atoms with Gasteiger partial charge in [-0.1, -0.05) is 23.9 Å². The van der Waals surface area contributed by atoms with Crippen molar-refractivity contribution in [3.63, 3.8) is 0 Å². The van der Waals surface area contributed by atoms with Gasteiger partial charge >= 0.3 is 0 Å². The lowest BCUT2D eigenvalue weighted by molar-refractivity contribution is -0.118. The molecule has 1 heterocycles. The third-order valence-electron chi connectivity index (χ3n) is 3.14. The summed E-state index contributed by atoms with van der Waals surface area (Å²) in [6.45, 7) is 2.02. The number of nitrogens with two attached hydrogens (primary N) is 1. The summed E-state index contributed by atoms with van der Waals surface area (Å²) in [4.78, 5) is 10.8. The second-order valence-corrected chi connectivity index (χ2v) is 6.04. The zero-order valence-electron chi connectivity index (χ0n) is 11.9. The van der Waals surface area contributed by atoms with E-state index in [1.54, 1.807) is 12.1 Å². The lowest BCUT2D eigenvalue weighted by Crippen LogP contribution is -2.12. The average molecular weight is 308 g/mol. The maximum Gasteiger partial charge on any atom is 0.217 e. The summed E-state index contributed by atoms with van der Waals surface area (Å²) in [5, 5.41) is 9.08. The molecule has 1 atom stereocenters. The van der Waals surface area contributed by atoms with Gasteiger partial charge in [-0.2, -0.15) is 0 Å². The molecule has 0 radical (unpaired) electrons. The van der Waals surface area contributed by atoms with Crippen LogP contribution in [0.3, 0.4) is 0 Å². The van der Waals surface area contributed by atoms with Gasteiger partial charge in [-0.05, 0) is 24.6 Å². The van der Waals surface area contributed by atoms with Crippen LogP contribution >= 0.6 is 11.8 Å². The molecule has 0 aliphatic carbocycles. The number of aryl methyl sites for hydroxylation is 1. The van der Waals surface area contributed by atoms with Crippen molar-refractivity contribution in [2.75, 3.05) is 0 Å².